The summed E-state index contributed by atoms with van der Waals surface area (Å²) in [5, 5.41) is 4.38. The topological polar surface area (TPSA) is 64.6 Å². The van der Waals surface area contributed by atoms with Crippen molar-refractivity contribution in [2.45, 2.75) is 0 Å². The molecule has 0 saturated carbocycles. The van der Waals surface area contributed by atoms with Crippen molar-refractivity contribution in [3.63, 3.8) is 0 Å². The lowest BCUT2D eigenvalue weighted by molar-refractivity contribution is -0.124. The Morgan fingerprint density at radius 3 is 2.55 bits per heavy atom. The van der Waals surface area contributed by atoms with Gasteiger partial charge in [-0.15, -0.1) is 6.58 Å². The molecule has 0 radical (unpaired) electrons. The van der Waals surface area contributed by atoms with Gasteiger partial charge in [-0.3, -0.25) is 4.79 Å². The van der Waals surface area contributed by atoms with E-state index >= 15 is 0 Å². The van der Waals surface area contributed by atoms with Gasteiger partial charge in [0.15, 0.2) is 6.61 Å². The van der Waals surface area contributed by atoms with Crippen LogP contribution in [0.5, 0.6) is 5.75 Å². The number of benzene rings is 2. The molecule has 1 N–H and O–H groups in total. The SMILES string of the molecule is C=CCNC(=O)COC(=O)c1cc2ccccc2cc1OC. The molecule has 0 heterocycles. The summed E-state index contributed by atoms with van der Waals surface area (Å²) >= 11 is 0. The molecule has 0 saturated heterocycles. The zero-order valence-corrected chi connectivity index (χ0v) is 12.3. The number of fused-ring (bicyclic) bond motifs is 1. The van der Waals surface area contributed by atoms with Crippen LogP contribution in [0.15, 0.2) is 49.1 Å². The third kappa shape index (κ3) is 3.63. The van der Waals surface area contributed by atoms with E-state index in [4.69, 9.17) is 9.47 Å². The van der Waals surface area contributed by atoms with Gasteiger partial charge in [0.1, 0.15) is 11.3 Å². The van der Waals surface area contributed by atoms with Crippen molar-refractivity contribution in [1.82, 2.24) is 5.32 Å². The number of rotatable bonds is 6. The van der Waals surface area contributed by atoms with E-state index in [0.29, 0.717) is 12.3 Å². The van der Waals surface area contributed by atoms with E-state index in [-0.39, 0.29) is 18.1 Å². The van der Waals surface area contributed by atoms with Gasteiger partial charge in [0.05, 0.1) is 7.11 Å². The lowest BCUT2D eigenvalue weighted by atomic mass is 10.1. The zero-order chi connectivity index (χ0) is 15.9. The Hall–Kier alpha value is -2.82. The Kier molecular flexibility index (Phi) is 5.14. The second-order valence-electron chi connectivity index (χ2n) is 4.57. The summed E-state index contributed by atoms with van der Waals surface area (Å²) in [7, 11) is 1.48. The van der Waals surface area contributed by atoms with Gasteiger partial charge in [0.25, 0.3) is 5.91 Å². The molecule has 0 spiro atoms. The summed E-state index contributed by atoms with van der Waals surface area (Å²) in [6, 6.07) is 11.1. The highest BCUT2D eigenvalue weighted by molar-refractivity contribution is 5.99. The van der Waals surface area contributed by atoms with Crippen molar-refractivity contribution in [1.29, 1.82) is 0 Å². The van der Waals surface area contributed by atoms with Gasteiger partial charge in [-0.2, -0.15) is 0 Å². The molecule has 0 unspecified atom stereocenters. The molecule has 114 valence electrons. The fourth-order valence-corrected chi connectivity index (χ4v) is 1.99. The third-order valence-corrected chi connectivity index (χ3v) is 3.07. The smallest absolute Gasteiger partial charge is 0.342 e. The maximum atomic E-state index is 12.1. The van der Waals surface area contributed by atoms with Gasteiger partial charge < -0.3 is 14.8 Å². The van der Waals surface area contributed by atoms with Gasteiger partial charge in [-0.25, -0.2) is 4.79 Å². The molecule has 0 bridgehead atoms. The molecule has 0 atom stereocenters. The van der Waals surface area contributed by atoms with E-state index in [9.17, 15) is 9.59 Å². The molecule has 22 heavy (non-hydrogen) atoms. The fourth-order valence-electron chi connectivity index (χ4n) is 1.99. The molecule has 1 amide bonds. The van der Waals surface area contributed by atoms with Crippen LogP contribution in [0, 0.1) is 0 Å². The number of methoxy groups -OCH3 is 1. The minimum Gasteiger partial charge on any atom is -0.496 e. The van der Waals surface area contributed by atoms with Crippen molar-refractivity contribution in [2.24, 2.45) is 0 Å². The minimum absolute atomic E-state index is 0.290. The van der Waals surface area contributed by atoms with Gasteiger partial charge >= 0.3 is 5.97 Å². The highest BCUT2D eigenvalue weighted by Gasteiger charge is 2.16. The molecule has 0 aromatic heterocycles. The molecular formula is C17H17NO4. The van der Waals surface area contributed by atoms with Crippen LogP contribution in [0.4, 0.5) is 0 Å². The Bertz CT molecular complexity index is 709. The van der Waals surface area contributed by atoms with Crippen LogP contribution in [0.25, 0.3) is 10.8 Å². The Morgan fingerprint density at radius 2 is 1.91 bits per heavy atom. The molecule has 0 fully saturated rings. The van der Waals surface area contributed by atoms with Crippen molar-refractivity contribution in [3.05, 3.63) is 54.6 Å². The summed E-state index contributed by atoms with van der Waals surface area (Å²) in [5.41, 5.74) is 0.290. The minimum atomic E-state index is -0.601. The van der Waals surface area contributed by atoms with Crippen LogP contribution in [-0.4, -0.2) is 32.1 Å². The molecule has 5 heteroatoms. The highest BCUT2D eigenvalue weighted by Crippen LogP contribution is 2.26. The van der Waals surface area contributed by atoms with Crippen LogP contribution >= 0.6 is 0 Å². The standard InChI is InChI=1S/C17H17NO4/c1-3-8-18-16(19)11-22-17(20)14-9-12-6-4-5-7-13(12)10-15(14)21-2/h3-7,9-10H,1,8,11H2,2H3,(H,18,19). The maximum absolute atomic E-state index is 12.1. The first-order valence-corrected chi connectivity index (χ1v) is 6.77. The first kappa shape index (κ1) is 15.6. The van der Waals surface area contributed by atoms with Gasteiger partial charge in [-0.1, -0.05) is 30.3 Å². The summed E-state index contributed by atoms with van der Waals surface area (Å²) in [5.74, 6) is -0.570. The molecular weight excluding hydrogens is 282 g/mol. The normalized spacial score (nSPS) is 10.0. The first-order chi connectivity index (χ1) is 10.7. The van der Waals surface area contributed by atoms with Crippen molar-refractivity contribution < 1.29 is 19.1 Å². The Balaban J connectivity index is 2.16. The molecule has 0 aliphatic rings. The first-order valence-electron chi connectivity index (χ1n) is 6.77. The Labute approximate surface area is 128 Å². The number of esters is 1. The second-order valence-corrected chi connectivity index (χ2v) is 4.57. The molecule has 0 aliphatic carbocycles. The van der Waals surface area contributed by atoms with E-state index in [1.807, 2.05) is 24.3 Å². The average molecular weight is 299 g/mol. The average Bonchev–Trinajstić information content (AvgIpc) is 2.56. The van der Waals surface area contributed by atoms with E-state index in [1.54, 1.807) is 18.2 Å². The van der Waals surface area contributed by atoms with E-state index in [1.165, 1.54) is 7.11 Å². The molecule has 2 rings (SSSR count). The predicted octanol–water partition coefficient (Wildman–Crippen LogP) is 2.31. The third-order valence-electron chi connectivity index (χ3n) is 3.07. The molecule has 5 nitrogen and oxygen atoms in total. The number of amides is 1. The predicted molar refractivity (Wildman–Crippen MR) is 84.0 cm³/mol. The van der Waals surface area contributed by atoms with Crippen LogP contribution in [0.1, 0.15) is 10.4 Å². The number of carbonyl (C=O) groups excluding carboxylic acids is 2. The highest BCUT2D eigenvalue weighted by atomic mass is 16.5. The summed E-state index contributed by atoms with van der Waals surface area (Å²) in [6.07, 6.45) is 1.55. The largest absolute Gasteiger partial charge is 0.496 e. The number of hydrogen-bond donors (Lipinski definition) is 1. The molecule has 0 aliphatic heterocycles. The van der Waals surface area contributed by atoms with Crippen molar-refractivity contribution in [2.75, 3.05) is 20.3 Å². The van der Waals surface area contributed by atoms with Crippen LogP contribution in [0.2, 0.25) is 0 Å². The maximum Gasteiger partial charge on any atom is 0.342 e. The van der Waals surface area contributed by atoms with Crippen molar-refractivity contribution >= 4 is 22.6 Å². The van der Waals surface area contributed by atoms with Crippen molar-refractivity contribution in [3.8, 4) is 5.75 Å². The number of carbonyl (C=O) groups is 2. The lowest BCUT2D eigenvalue weighted by Gasteiger charge is -2.10. The van der Waals surface area contributed by atoms with Gasteiger partial charge in [-0.05, 0) is 22.9 Å². The van der Waals surface area contributed by atoms with E-state index in [0.717, 1.165) is 10.8 Å². The zero-order valence-electron chi connectivity index (χ0n) is 12.3. The summed E-state index contributed by atoms with van der Waals surface area (Å²) < 4.78 is 10.2. The monoisotopic (exact) mass is 299 g/mol. The van der Waals surface area contributed by atoms with Crippen LogP contribution in [-0.2, 0) is 9.53 Å². The number of hydrogen-bond acceptors (Lipinski definition) is 4. The lowest BCUT2D eigenvalue weighted by Crippen LogP contribution is -2.28. The van der Waals surface area contributed by atoms with Gasteiger partial charge in [0.2, 0.25) is 0 Å². The van der Waals surface area contributed by atoms with E-state index in [2.05, 4.69) is 11.9 Å². The Morgan fingerprint density at radius 1 is 1.23 bits per heavy atom. The fraction of sp³-hybridized carbons (Fsp3) is 0.176. The molecule has 2 aromatic rings. The number of ether oxygens (including phenoxy) is 2. The van der Waals surface area contributed by atoms with Crippen LogP contribution in [0.3, 0.4) is 0 Å². The quantitative estimate of drug-likeness (QED) is 0.656. The second kappa shape index (κ2) is 7.26. The number of nitrogens with one attached hydrogen (secondary N) is 1. The summed E-state index contributed by atoms with van der Waals surface area (Å²) in [6.45, 7) is 3.47. The van der Waals surface area contributed by atoms with E-state index < -0.39 is 5.97 Å². The summed E-state index contributed by atoms with van der Waals surface area (Å²) in [4.78, 5) is 23.6. The van der Waals surface area contributed by atoms with Crippen LogP contribution < -0.4 is 10.1 Å². The molecule has 2 aromatic carbocycles. The van der Waals surface area contributed by atoms with Gasteiger partial charge in [0, 0.05) is 6.54 Å².